The van der Waals surface area contributed by atoms with Gasteiger partial charge in [0.1, 0.15) is 5.82 Å². The highest BCUT2D eigenvalue weighted by Gasteiger charge is 2.32. The lowest BCUT2D eigenvalue weighted by molar-refractivity contribution is 0.149. The summed E-state index contributed by atoms with van der Waals surface area (Å²) in [5, 5.41) is 0. The molecule has 1 unspecified atom stereocenters. The summed E-state index contributed by atoms with van der Waals surface area (Å²) in [4.78, 5) is 0. The van der Waals surface area contributed by atoms with Crippen LogP contribution in [-0.4, -0.2) is 6.04 Å². The Morgan fingerprint density at radius 1 is 0.781 bits per heavy atom. The van der Waals surface area contributed by atoms with Crippen molar-refractivity contribution in [1.29, 1.82) is 0 Å². The monoisotopic (exact) mass is 447 g/mol. The summed E-state index contributed by atoms with van der Waals surface area (Å²) in [6.45, 7) is 2.17. The molecule has 0 saturated heterocycles. The van der Waals surface area contributed by atoms with Crippen molar-refractivity contribution in [2.75, 3.05) is 0 Å². The molecule has 2 saturated carbocycles. The zero-order chi connectivity index (χ0) is 22.8. The first-order valence-corrected chi connectivity index (χ1v) is 12.1. The van der Waals surface area contributed by atoms with E-state index in [-0.39, 0.29) is 11.1 Å². The molecule has 174 valence electrons. The lowest BCUT2D eigenvalue weighted by atomic mass is 9.67. The standard InChI is InChI=1S/C27H33F4N/c1-2-26(32)19-9-7-17(8-10-19)16-3-5-18(6-4-16)20-11-12-22(23(28)13-20)21-14-24(29)27(31)25(30)15-21/h11-19,26H,2-10,32H2,1H3. The highest BCUT2D eigenvalue weighted by Crippen LogP contribution is 2.44. The van der Waals surface area contributed by atoms with Crippen LogP contribution < -0.4 is 5.73 Å². The predicted molar refractivity (Wildman–Crippen MR) is 120 cm³/mol. The molecule has 0 radical (unpaired) electrons. The van der Waals surface area contributed by atoms with Gasteiger partial charge in [0, 0.05) is 11.6 Å². The van der Waals surface area contributed by atoms with E-state index in [4.69, 9.17) is 5.73 Å². The number of halogens is 4. The Balaban J connectivity index is 1.37. The third kappa shape index (κ3) is 4.88. The summed E-state index contributed by atoms with van der Waals surface area (Å²) in [6, 6.07) is 6.90. The Labute approximate surface area is 188 Å². The van der Waals surface area contributed by atoms with Gasteiger partial charge in [-0.25, -0.2) is 17.6 Å². The van der Waals surface area contributed by atoms with Crippen molar-refractivity contribution in [1.82, 2.24) is 0 Å². The molecule has 1 atom stereocenters. The van der Waals surface area contributed by atoms with E-state index in [1.165, 1.54) is 31.7 Å². The zero-order valence-corrected chi connectivity index (χ0v) is 18.7. The van der Waals surface area contributed by atoms with Gasteiger partial charge in [0.25, 0.3) is 0 Å². The molecule has 2 aliphatic carbocycles. The van der Waals surface area contributed by atoms with Crippen LogP contribution in [0.5, 0.6) is 0 Å². The van der Waals surface area contributed by atoms with Crippen LogP contribution in [0.3, 0.4) is 0 Å². The normalized spacial score (nSPS) is 27.3. The van der Waals surface area contributed by atoms with Crippen LogP contribution in [0.15, 0.2) is 30.3 Å². The lowest BCUT2D eigenvalue weighted by Gasteiger charge is -2.39. The molecule has 5 heteroatoms. The molecule has 0 heterocycles. The average molecular weight is 448 g/mol. The van der Waals surface area contributed by atoms with Crippen molar-refractivity contribution in [2.24, 2.45) is 23.5 Å². The summed E-state index contributed by atoms with van der Waals surface area (Å²) in [5.41, 5.74) is 7.28. The zero-order valence-electron chi connectivity index (χ0n) is 18.7. The fourth-order valence-corrected chi connectivity index (χ4v) is 6.03. The molecule has 2 aromatic rings. The van der Waals surface area contributed by atoms with Crippen molar-refractivity contribution >= 4 is 0 Å². The Hall–Kier alpha value is -1.88. The van der Waals surface area contributed by atoms with Crippen molar-refractivity contribution in [3.8, 4) is 11.1 Å². The summed E-state index contributed by atoms with van der Waals surface area (Å²) in [7, 11) is 0. The maximum atomic E-state index is 14.8. The SMILES string of the molecule is CCC(N)C1CCC(C2CCC(c3ccc(-c4cc(F)c(F)c(F)c4)c(F)c3)CC2)CC1. The van der Waals surface area contributed by atoms with E-state index in [2.05, 4.69) is 6.92 Å². The summed E-state index contributed by atoms with van der Waals surface area (Å²) in [5.74, 6) is -2.17. The van der Waals surface area contributed by atoms with E-state index in [9.17, 15) is 17.6 Å². The van der Waals surface area contributed by atoms with Crippen LogP contribution in [0.4, 0.5) is 17.6 Å². The van der Waals surface area contributed by atoms with E-state index in [0.29, 0.717) is 17.9 Å². The minimum atomic E-state index is -1.54. The van der Waals surface area contributed by atoms with Crippen LogP contribution in [0.1, 0.15) is 76.2 Å². The number of hydrogen-bond acceptors (Lipinski definition) is 1. The third-order valence-electron chi connectivity index (χ3n) is 8.09. The first kappa shape index (κ1) is 23.3. The van der Waals surface area contributed by atoms with E-state index < -0.39 is 23.3 Å². The number of rotatable bonds is 5. The number of hydrogen-bond donors (Lipinski definition) is 1. The predicted octanol–water partition coefficient (Wildman–Crippen LogP) is 7.73. The highest BCUT2D eigenvalue weighted by molar-refractivity contribution is 5.65. The molecular weight excluding hydrogens is 414 g/mol. The second-order valence-corrected chi connectivity index (χ2v) is 9.85. The molecule has 1 nitrogen and oxygen atoms in total. The van der Waals surface area contributed by atoms with Gasteiger partial charge >= 0.3 is 0 Å². The number of nitrogens with two attached hydrogens (primary N) is 1. The van der Waals surface area contributed by atoms with Gasteiger partial charge in [-0.05, 0) is 111 Å². The molecule has 2 fully saturated rings. The maximum Gasteiger partial charge on any atom is 0.194 e. The van der Waals surface area contributed by atoms with Crippen molar-refractivity contribution in [2.45, 2.75) is 76.7 Å². The van der Waals surface area contributed by atoms with Gasteiger partial charge in [-0.1, -0.05) is 19.1 Å². The third-order valence-corrected chi connectivity index (χ3v) is 8.09. The smallest absolute Gasteiger partial charge is 0.194 e. The summed E-state index contributed by atoms with van der Waals surface area (Å²) < 4.78 is 55.1. The fourth-order valence-electron chi connectivity index (χ4n) is 6.03. The van der Waals surface area contributed by atoms with Gasteiger partial charge < -0.3 is 5.73 Å². The first-order chi connectivity index (χ1) is 15.4. The second kappa shape index (κ2) is 9.94. The van der Waals surface area contributed by atoms with E-state index in [0.717, 1.165) is 61.6 Å². The van der Waals surface area contributed by atoms with Gasteiger partial charge in [-0.2, -0.15) is 0 Å². The van der Waals surface area contributed by atoms with Crippen molar-refractivity contribution in [3.05, 3.63) is 59.2 Å². The van der Waals surface area contributed by atoms with Crippen LogP contribution in [0.2, 0.25) is 0 Å². The minimum absolute atomic E-state index is 0.00699. The van der Waals surface area contributed by atoms with Crippen LogP contribution in [0.25, 0.3) is 11.1 Å². The minimum Gasteiger partial charge on any atom is -0.327 e. The molecule has 0 spiro atoms. The molecule has 2 N–H and O–H groups in total. The second-order valence-electron chi connectivity index (χ2n) is 9.85. The fraction of sp³-hybridized carbons (Fsp3) is 0.556. The Morgan fingerprint density at radius 2 is 1.34 bits per heavy atom. The average Bonchev–Trinajstić information content (AvgIpc) is 2.82. The molecule has 2 aliphatic rings. The Bertz CT molecular complexity index is 904. The Morgan fingerprint density at radius 3 is 1.88 bits per heavy atom. The van der Waals surface area contributed by atoms with Gasteiger partial charge in [0.15, 0.2) is 17.5 Å². The molecule has 2 aromatic carbocycles. The maximum absolute atomic E-state index is 14.8. The van der Waals surface area contributed by atoms with Gasteiger partial charge in [-0.3, -0.25) is 0 Å². The van der Waals surface area contributed by atoms with Crippen molar-refractivity contribution < 1.29 is 17.6 Å². The Kier molecular flexibility index (Phi) is 7.24. The van der Waals surface area contributed by atoms with E-state index in [1.807, 2.05) is 6.07 Å². The number of benzene rings is 2. The molecule has 0 aromatic heterocycles. The highest BCUT2D eigenvalue weighted by atomic mass is 19.2. The quantitative estimate of drug-likeness (QED) is 0.368. The van der Waals surface area contributed by atoms with Crippen LogP contribution >= 0.6 is 0 Å². The molecule has 0 amide bonds. The van der Waals surface area contributed by atoms with Gasteiger partial charge in [-0.15, -0.1) is 0 Å². The molecule has 32 heavy (non-hydrogen) atoms. The lowest BCUT2D eigenvalue weighted by Crippen LogP contribution is -2.34. The van der Waals surface area contributed by atoms with Crippen LogP contribution in [-0.2, 0) is 0 Å². The largest absolute Gasteiger partial charge is 0.327 e. The van der Waals surface area contributed by atoms with Gasteiger partial charge in [0.05, 0.1) is 0 Å². The van der Waals surface area contributed by atoms with E-state index in [1.54, 1.807) is 6.07 Å². The topological polar surface area (TPSA) is 26.0 Å². The summed E-state index contributed by atoms with van der Waals surface area (Å²) in [6.07, 6.45) is 10.5. The molecular formula is C27H33F4N. The summed E-state index contributed by atoms with van der Waals surface area (Å²) >= 11 is 0. The molecule has 0 aliphatic heterocycles. The first-order valence-electron chi connectivity index (χ1n) is 12.1. The molecule has 4 rings (SSSR count). The van der Waals surface area contributed by atoms with Crippen molar-refractivity contribution in [3.63, 3.8) is 0 Å². The van der Waals surface area contributed by atoms with Gasteiger partial charge in [0.2, 0.25) is 0 Å². The van der Waals surface area contributed by atoms with Crippen LogP contribution in [0, 0.1) is 41.0 Å². The van der Waals surface area contributed by atoms with E-state index >= 15 is 0 Å². The molecule has 0 bridgehead atoms.